The van der Waals surface area contributed by atoms with Gasteiger partial charge < -0.3 is 14.5 Å². The van der Waals surface area contributed by atoms with Crippen LogP contribution in [0.1, 0.15) is 30.5 Å². The van der Waals surface area contributed by atoms with Gasteiger partial charge in [0.1, 0.15) is 5.75 Å². The van der Waals surface area contributed by atoms with Crippen LogP contribution in [0, 0.1) is 0 Å². The molecular formula is C15H17F2NO2. The molecule has 0 saturated heterocycles. The minimum atomic E-state index is -2.82. The highest BCUT2D eigenvalue weighted by Gasteiger charge is 2.15. The Kier molecular flexibility index (Phi) is 5.12. The molecule has 0 aliphatic heterocycles. The molecule has 1 atom stereocenters. The van der Waals surface area contributed by atoms with E-state index in [9.17, 15) is 8.78 Å². The normalized spacial score (nSPS) is 12.6. The van der Waals surface area contributed by atoms with E-state index in [0.29, 0.717) is 0 Å². The minimum absolute atomic E-state index is 0.102. The standard InChI is InChI=1S/C15H17F2NO2/c1-2-7-18-14(12-6-8-19-10-12)11-4-3-5-13(9-11)20-15(16)17/h3-6,8-10,14-15,18H,2,7H2,1H3. The number of halogens is 2. The predicted octanol–water partition coefficient (Wildman–Crippen LogP) is 3.97. The summed E-state index contributed by atoms with van der Waals surface area (Å²) in [7, 11) is 0. The molecule has 0 saturated carbocycles. The fourth-order valence-corrected chi connectivity index (χ4v) is 2.03. The van der Waals surface area contributed by atoms with Gasteiger partial charge in [0, 0.05) is 5.56 Å². The molecule has 5 heteroatoms. The van der Waals surface area contributed by atoms with Crippen LogP contribution in [0.5, 0.6) is 5.75 Å². The molecule has 1 aromatic carbocycles. The first-order chi connectivity index (χ1) is 9.70. The molecule has 3 nitrogen and oxygen atoms in total. The molecule has 1 aromatic heterocycles. The van der Waals surface area contributed by atoms with E-state index in [2.05, 4.69) is 17.0 Å². The van der Waals surface area contributed by atoms with Gasteiger partial charge in [-0.2, -0.15) is 8.78 Å². The zero-order chi connectivity index (χ0) is 14.4. The van der Waals surface area contributed by atoms with Crippen molar-refractivity contribution < 1.29 is 17.9 Å². The van der Waals surface area contributed by atoms with Crippen LogP contribution in [0.4, 0.5) is 8.78 Å². The van der Waals surface area contributed by atoms with Crippen LogP contribution in [-0.2, 0) is 0 Å². The van der Waals surface area contributed by atoms with Crippen molar-refractivity contribution >= 4 is 0 Å². The van der Waals surface area contributed by atoms with Gasteiger partial charge in [0.05, 0.1) is 18.6 Å². The van der Waals surface area contributed by atoms with Crippen molar-refractivity contribution in [2.45, 2.75) is 26.0 Å². The number of furan rings is 1. The molecule has 2 aromatic rings. The lowest BCUT2D eigenvalue weighted by Gasteiger charge is -2.18. The fourth-order valence-electron chi connectivity index (χ4n) is 2.03. The monoisotopic (exact) mass is 281 g/mol. The fraction of sp³-hybridized carbons (Fsp3) is 0.333. The van der Waals surface area contributed by atoms with Gasteiger partial charge in [0.2, 0.25) is 0 Å². The van der Waals surface area contributed by atoms with Gasteiger partial charge in [-0.3, -0.25) is 0 Å². The van der Waals surface area contributed by atoms with Gasteiger partial charge in [0.25, 0.3) is 0 Å². The van der Waals surface area contributed by atoms with Crippen molar-refractivity contribution in [2.75, 3.05) is 6.54 Å². The average molecular weight is 281 g/mol. The topological polar surface area (TPSA) is 34.4 Å². The molecule has 0 bridgehead atoms. The summed E-state index contributed by atoms with van der Waals surface area (Å²) in [6, 6.07) is 8.46. The number of hydrogen-bond donors (Lipinski definition) is 1. The van der Waals surface area contributed by atoms with Crippen molar-refractivity contribution in [3.05, 3.63) is 54.0 Å². The molecular weight excluding hydrogens is 264 g/mol. The lowest BCUT2D eigenvalue weighted by molar-refractivity contribution is -0.0498. The highest BCUT2D eigenvalue weighted by Crippen LogP contribution is 2.26. The van der Waals surface area contributed by atoms with E-state index in [-0.39, 0.29) is 11.8 Å². The first-order valence-electron chi connectivity index (χ1n) is 6.51. The van der Waals surface area contributed by atoms with E-state index in [4.69, 9.17) is 4.42 Å². The number of nitrogens with one attached hydrogen (secondary N) is 1. The Bertz CT molecular complexity index is 514. The Morgan fingerprint density at radius 1 is 1.25 bits per heavy atom. The molecule has 0 spiro atoms. The number of rotatable bonds is 7. The minimum Gasteiger partial charge on any atom is -0.472 e. The van der Waals surface area contributed by atoms with Crippen LogP contribution in [0.15, 0.2) is 47.3 Å². The van der Waals surface area contributed by atoms with Crippen LogP contribution in [-0.4, -0.2) is 13.2 Å². The van der Waals surface area contributed by atoms with E-state index < -0.39 is 6.61 Å². The maximum absolute atomic E-state index is 12.3. The van der Waals surface area contributed by atoms with E-state index >= 15 is 0 Å². The van der Waals surface area contributed by atoms with Crippen LogP contribution >= 0.6 is 0 Å². The van der Waals surface area contributed by atoms with E-state index in [0.717, 1.165) is 24.1 Å². The second-order valence-electron chi connectivity index (χ2n) is 4.39. The molecule has 0 aliphatic rings. The Morgan fingerprint density at radius 2 is 2.10 bits per heavy atom. The molecule has 20 heavy (non-hydrogen) atoms. The van der Waals surface area contributed by atoms with Crippen molar-refractivity contribution in [3.8, 4) is 5.75 Å². The van der Waals surface area contributed by atoms with Gasteiger partial charge in [-0.15, -0.1) is 0 Å². The Hall–Kier alpha value is -1.88. The van der Waals surface area contributed by atoms with Crippen LogP contribution in [0.2, 0.25) is 0 Å². The third kappa shape index (κ3) is 3.81. The number of alkyl halides is 2. The molecule has 1 unspecified atom stereocenters. The molecule has 1 heterocycles. The number of benzene rings is 1. The molecule has 2 rings (SSSR count). The lowest BCUT2D eigenvalue weighted by Crippen LogP contribution is -2.22. The van der Waals surface area contributed by atoms with Crippen LogP contribution in [0.3, 0.4) is 0 Å². The largest absolute Gasteiger partial charge is 0.472 e. The Balaban J connectivity index is 2.24. The summed E-state index contributed by atoms with van der Waals surface area (Å²) < 4.78 is 34.1. The maximum Gasteiger partial charge on any atom is 0.387 e. The summed E-state index contributed by atoms with van der Waals surface area (Å²) in [4.78, 5) is 0. The predicted molar refractivity (Wildman–Crippen MR) is 71.9 cm³/mol. The second kappa shape index (κ2) is 7.05. The van der Waals surface area contributed by atoms with E-state index in [1.54, 1.807) is 24.7 Å². The first kappa shape index (κ1) is 14.5. The number of hydrogen-bond acceptors (Lipinski definition) is 3. The molecule has 0 amide bonds. The first-order valence-corrected chi connectivity index (χ1v) is 6.51. The van der Waals surface area contributed by atoms with Crippen molar-refractivity contribution in [1.82, 2.24) is 5.32 Å². The third-order valence-electron chi connectivity index (χ3n) is 2.89. The number of ether oxygens (including phenoxy) is 1. The summed E-state index contributed by atoms with van der Waals surface area (Å²) in [6.07, 6.45) is 4.21. The summed E-state index contributed by atoms with van der Waals surface area (Å²) in [5, 5.41) is 3.37. The average Bonchev–Trinajstić information content (AvgIpc) is 2.93. The highest BCUT2D eigenvalue weighted by molar-refractivity contribution is 5.35. The SMILES string of the molecule is CCCNC(c1ccoc1)c1cccc(OC(F)F)c1. The van der Waals surface area contributed by atoms with E-state index in [1.807, 2.05) is 12.1 Å². The zero-order valence-corrected chi connectivity index (χ0v) is 11.2. The van der Waals surface area contributed by atoms with Crippen LogP contribution in [0.25, 0.3) is 0 Å². The van der Waals surface area contributed by atoms with Gasteiger partial charge in [-0.1, -0.05) is 19.1 Å². The quantitative estimate of drug-likeness (QED) is 0.834. The van der Waals surface area contributed by atoms with Crippen LogP contribution < -0.4 is 10.1 Å². The maximum atomic E-state index is 12.3. The summed E-state index contributed by atoms with van der Waals surface area (Å²) in [6.45, 7) is 0.0622. The van der Waals surface area contributed by atoms with E-state index in [1.165, 1.54) is 6.07 Å². The van der Waals surface area contributed by atoms with Gasteiger partial charge >= 0.3 is 6.61 Å². The zero-order valence-electron chi connectivity index (χ0n) is 11.2. The van der Waals surface area contributed by atoms with Crippen molar-refractivity contribution in [1.29, 1.82) is 0 Å². The van der Waals surface area contributed by atoms with Crippen molar-refractivity contribution in [2.24, 2.45) is 0 Å². The molecule has 1 N–H and O–H groups in total. The second-order valence-corrected chi connectivity index (χ2v) is 4.39. The molecule has 108 valence electrons. The van der Waals surface area contributed by atoms with Gasteiger partial charge in [-0.05, 0) is 36.7 Å². The molecule has 0 radical (unpaired) electrons. The third-order valence-corrected chi connectivity index (χ3v) is 2.89. The summed E-state index contributed by atoms with van der Waals surface area (Å²) in [5.41, 5.74) is 1.81. The van der Waals surface area contributed by atoms with Gasteiger partial charge in [-0.25, -0.2) is 0 Å². The summed E-state index contributed by atoms with van der Waals surface area (Å²) in [5.74, 6) is 0.157. The Labute approximate surface area is 116 Å². The Morgan fingerprint density at radius 3 is 2.75 bits per heavy atom. The van der Waals surface area contributed by atoms with Crippen molar-refractivity contribution in [3.63, 3.8) is 0 Å². The summed E-state index contributed by atoms with van der Waals surface area (Å²) >= 11 is 0. The smallest absolute Gasteiger partial charge is 0.387 e. The highest BCUT2D eigenvalue weighted by atomic mass is 19.3. The molecule has 0 fully saturated rings. The molecule has 0 aliphatic carbocycles. The lowest BCUT2D eigenvalue weighted by atomic mass is 10.0. The van der Waals surface area contributed by atoms with Gasteiger partial charge in [0.15, 0.2) is 0 Å².